The molecule has 2 aromatic carbocycles. The van der Waals surface area contributed by atoms with Gasteiger partial charge in [0, 0.05) is 10.9 Å². The number of para-hydroxylation sites is 1. The summed E-state index contributed by atoms with van der Waals surface area (Å²) in [5, 5.41) is 0. The summed E-state index contributed by atoms with van der Waals surface area (Å²) < 4.78 is 6.39. The van der Waals surface area contributed by atoms with Crippen molar-refractivity contribution in [3.05, 3.63) is 64.6 Å². The van der Waals surface area contributed by atoms with Crippen LogP contribution in [-0.4, -0.2) is 12.4 Å². The number of Topliss-reactive ketones (excluding diaryl/α,β-unsaturated/α-hetero) is 1. The molecule has 0 aliphatic heterocycles. The fourth-order valence-corrected chi connectivity index (χ4v) is 2.05. The third-order valence-corrected chi connectivity index (χ3v) is 2.93. The molecule has 92 valence electrons. The summed E-state index contributed by atoms with van der Waals surface area (Å²) in [7, 11) is 0. The first-order chi connectivity index (χ1) is 8.74. The second-order valence-corrected chi connectivity index (χ2v) is 4.86. The van der Waals surface area contributed by atoms with E-state index in [0.29, 0.717) is 6.42 Å². The van der Waals surface area contributed by atoms with E-state index >= 15 is 0 Å². The Morgan fingerprint density at radius 1 is 1.06 bits per heavy atom. The molecule has 0 heterocycles. The van der Waals surface area contributed by atoms with Gasteiger partial charge in [-0.3, -0.25) is 4.79 Å². The lowest BCUT2D eigenvalue weighted by Gasteiger charge is -2.05. The summed E-state index contributed by atoms with van der Waals surface area (Å²) in [4.78, 5) is 11.8. The number of ketones is 1. The van der Waals surface area contributed by atoms with Crippen LogP contribution in [0.4, 0.5) is 0 Å². The lowest BCUT2D eigenvalue weighted by atomic mass is 10.1. The van der Waals surface area contributed by atoms with Crippen molar-refractivity contribution in [2.45, 2.75) is 6.42 Å². The molecule has 2 aromatic rings. The highest BCUT2D eigenvalue weighted by atomic mass is 79.9. The zero-order valence-electron chi connectivity index (χ0n) is 9.80. The normalized spacial score (nSPS) is 10.1. The predicted octanol–water partition coefficient (Wildman–Crippen LogP) is 3.64. The van der Waals surface area contributed by atoms with E-state index in [1.54, 1.807) is 0 Å². The highest BCUT2D eigenvalue weighted by Crippen LogP contribution is 2.13. The zero-order chi connectivity index (χ0) is 12.8. The van der Waals surface area contributed by atoms with Crippen molar-refractivity contribution in [2.24, 2.45) is 0 Å². The fourth-order valence-electron chi connectivity index (χ4n) is 1.61. The van der Waals surface area contributed by atoms with Crippen LogP contribution in [0.15, 0.2) is 59.1 Å². The number of ether oxygens (including phenoxy) is 1. The number of benzene rings is 2. The minimum atomic E-state index is 0.0666. The first-order valence-corrected chi connectivity index (χ1v) is 6.47. The average Bonchev–Trinajstić information content (AvgIpc) is 2.38. The van der Waals surface area contributed by atoms with Crippen molar-refractivity contribution < 1.29 is 9.53 Å². The van der Waals surface area contributed by atoms with Crippen LogP contribution in [0, 0.1) is 0 Å². The smallest absolute Gasteiger partial charge is 0.174 e. The van der Waals surface area contributed by atoms with Gasteiger partial charge in [-0.05, 0) is 29.8 Å². The van der Waals surface area contributed by atoms with Crippen LogP contribution in [0.3, 0.4) is 0 Å². The van der Waals surface area contributed by atoms with Gasteiger partial charge in [0.05, 0.1) is 0 Å². The minimum absolute atomic E-state index is 0.0666. The van der Waals surface area contributed by atoms with Crippen molar-refractivity contribution in [1.29, 1.82) is 0 Å². The van der Waals surface area contributed by atoms with Gasteiger partial charge in [0.25, 0.3) is 0 Å². The monoisotopic (exact) mass is 304 g/mol. The summed E-state index contributed by atoms with van der Waals surface area (Å²) in [5.74, 6) is 0.789. The Morgan fingerprint density at radius 2 is 1.83 bits per heavy atom. The van der Waals surface area contributed by atoms with Gasteiger partial charge in [0.2, 0.25) is 0 Å². The quantitative estimate of drug-likeness (QED) is 0.843. The van der Waals surface area contributed by atoms with E-state index in [1.807, 2.05) is 54.6 Å². The molecule has 0 atom stereocenters. The Morgan fingerprint density at radius 3 is 2.56 bits per heavy atom. The molecule has 0 radical (unpaired) electrons. The van der Waals surface area contributed by atoms with E-state index in [0.717, 1.165) is 15.8 Å². The maximum atomic E-state index is 11.8. The van der Waals surface area contributed by atoms with Crippen LogP contribution in [0.1, 0.15) is 5.56 Å². The van der Waals surface area contributed by atoms with E-state index < -0.39 is 0 Å². The maximum Gasteiger partial charge on any atom is 0.174 e. The highest BCUT2D eigenvalue weighted by molar-refractivity contribution is 9.10. The molecule has 0 saturated carbocycles. The van der Waals surface area contributed by atoms with E-state index in [2.05, 4.69) is 15.9 Å². The van der Waals surface area contributed by atoms with Crippen LogP contribution in [0.25, 0.3) is 0 Å². The van der Waals surface area contributed by atoms with Gasteiger partial charge < -0.3 is 4.74 Å². The second kappa shape index (κ2) is 6.36. The Labute approximate surface area is 115 Å². The standard InChI is InChI=1S/C15H13BrO2/c16-13-6-4-5-12(9-13)10-14(17)11-18-15-7-2-1-3-8-15/h1-9H,10-11H2. The summed E-state index contributed by atoms with van der Waals surface area (Å²) in [6, 6.07) is 17.1. The zero-order valence-corrected chi connectivity index (χ0v) is 11.4. The number of hydrogen-bond donors (Lipinski definition) is 0. The summed E-state index contributed by atoms with van der Waals surface area (Å²) in [6.07, 6.45) is 0.395. The molecule has 0 N–H and O–H groups in total. The van der Waals surface area contributed by atoms with Crippen LogP contribution in [0.2, 0.25) is 0 Å². The molecule has 2 rings (SSSR count). The molecule has 0 aliphatic carbocycles. The minimum Gasteiger partial charge on any atom is -0.486 e. The first-order valence-electron chi connectivity index (χ1n) is 5.68. The molecule has 0 fully saturated rings. The molecule has 3 heteroatoms. The van der Waals surface area contributed by atoms with Crippen molar-refractivity contribution >= 4 is 21.7 Å². The van der Waals surface area contributed by atoms with Gasteiger partial charge in [0.1, 0.15) is 12.4 Å². The van der Waals surface area contributed by atoms with Gasteiger partial charge in [-0.2, -0.15) is 0 Å². The maximum absolute atomic E-state index is 11.8. The summed E-state index contributed by atoms with van der Waals surface area (Å²) >= 11 is 3.39. The Kier molecular flexibility index (Phi) is 4.53. The lowest BCUT2D eigenvalue weighted by molar-refractivity contribution is -0.120. The SMILES string of the molecule is O=C(COc1ccccc1)Cc1cccc(Br)c1. The van der Waals surface area contributed by atoms with Crippen molar-refractivity contribution in [1.82, 2.24) is 0 Å². The second-order valence-electron chi connectivity index (χ2n) is 3.95. The van der Waals surface area contributed by atoms with Crippen LogP contribution in [-0.2, 0) is 11.2 Å². The molecule has 0 unspecified atom stereocenters. The van der Waals surface area contributed by atoms with E-state index in [4.69, 9.17) is 4.74 Å². The summed E-state index contributed by atoms with van der Waals surface area (Å²) in [6.45, 7) is 0.108. The molecule has 0 saturated heterocycles. The third-order valence-electron chi connectivity index (χ3n) is 2.43. The Hall–Kier alpha value is -1.61. The van der Waals surface area contributed by atoms with Crippen molar-refractivity contribution in [2.75, 3.05) is 6.61 Å². The number of rotatable bonds is 5. The average molecular weight is 305 g/mol. The number of hydrogen-bond acceptors (Lipinski definition) is 2. The Bertz CT molecular complexity index is 523. The Balaban J connectivity index is 1.86. The van der Waals surface area contributed by atoms with E-state index in [9.17, 15) is 4.79 Å². The molecule has 0 amide bonds. The van der Waals surface area contributed by atoms with Gasteiger partial charge in [0.15, 0.2) is 5.78 Å². The van der Waals surface area contributed by atoms with Crippen LogP contribution in [0.5, 0.6) is 5.75 Å². The van der Waals surface area contributed by atoms with Crippen LogP contribution < -0.4 is 4.74 Å². The molecule has 0 aliphatic rings. The molecular weight excluding hydrogens is 292 g/mol. The molecule has 18 heavy (non-hydrogen) atoms. The fraction of sp³-hybridized carbons (Fsp3) is 0.133. The first kappa shape index (κ1) is 12.8. The number of carbonyl (C=O) groups is 1. The van der Waals surface area contributed by atoms with Gasteiger partial charge >= 0.3 is 0 Å². The van der Waals surface area contributed by atoms with Crippen LogP contribution >= 0.6 is 15.9 Å². The third kappa shape index (κ3) is 4.00. The van der Waals surface area contributed by atoms with Gasteiger partial charge in [-0.1, -0.05) is 46.3 Å². The topological polar surface area (TPSA) is 26.3 Å². The highest BCUT2D eigenvalue weighted by Gasteiger charge is 2.05. The molecule has 2 nitrogen and oxygen atoms in total. The summed E-state index contributed by atoms with van der Waals surface area (Å²) in [5.41, 5.74) is 0.992. The molecular formula is C15H13BrO2. The van der Waals surface area contributed by atoms with Gasteiger partial charge in [-0.15, -0.1) is 0 Å². The largest absolute Gasteiger partial charge is 0.486 e. The molecule has 0 spiro atoms. The predicted molar refractivity (Wildman–Crippen MR) is 74.8 cm³/mol. The van der Waals surface area contributed by atoms with Gasteiger partial charge in [-0.25, -0.2) is 0 Å². The van der Waals surface area contributed by atoms with E-state index in [-0.39, 0.29) is 12.4 Å². The molecule has 0 bridgehead atoms. The lowest BCUT2D eigenvalue weighted by Crippen LogP contribution is -2.13. The van der Waals surface area contributed by atoms with E-state index in [1.165, 1.54) is 0 Å². The van der Waals surface area contributed by atoms with Crippen molar-refractivity contribution in [3.63, 3.8) is 0 Å². The number of halogens is 1. The molecule has 0 aromatic heterocycles. The van der Waals surface area contributed by atoms with Crippen molar-refractivity contribution in [3.8, 4) is 5.75 Å². The number of carbonyl (C=O) groups excluding carboxylic acids is 1.